The van der Waals surface area contributed by atoms with Gasteiger partial charge in [0.05, 0.1) is 18.4 Å². The van der Waals surface area contributed by atoms with E-state index in [0.717, 1.165) is 42.6 Å². The molecule has 1 aromatic rings. The number of aliphatic hydroxyl groups is 1. The second-order valence-corrected chi connectivity index (χ2v) is 7.02. The SMILES string of the molecule is Cc1ccc(C)c(OC[C@H](O)CN2C(=O)[C@H]3CCCC[C@H]3C2=O)c1. The highest BCUT2D eigenvalue weighted by molar-refractivity contribution is 6.05. The summed E-state index contributed by atoms with van der Waals surface area (Å²) < 4.78 is 5.68. The number of amides is 2. The van der Waals surface area contributed by atoms with Crippen LogP contribution in [-0.2, 0) is 9.59 Å². The Kier molecular flexibility index (Phi) is 4.90. The average Bonchev–Trinajstić information content (AvgIpc) is 2.81. The van der Waals surface area contributed by atoms with Crippen LogP contribution in [0.2, 0.25) is 0 Å². The van der Waals surface area contributed by atoms with Crippen LogP contribution in [0, 0.1) is 25.7 Å². The fourth-order valence-electron chi connectivity index (χ4n) is 3.72. The van der Waals surface area contributed by atoms with Crippen LogP contribution in [0.3, 0.4) is 0 Å². The van der Waals surface area contributed by atoms with Gasteiger partial charge in [0.15, 0.2) is 0 Å². The molecule has 0 unspecified atom stereocenters. The third-order valence-electron chi connectivity index (χ3n) is 5.10. The highest BCUT2D eigenvalue weighted by Gasteiger charge is 2.48. The Morgan fingerprint density at radius 3 is 2.42 bits per heavy atom. The number of hydrogen-bond donors (Lipinski definition) is 1. The zero-order valence-corrected chi connectivity index (χ0v) is 14.3. The van der Waals surface area contributed by atoms with Crippen molar-refractivity contribution in [2.75, 3.05) is 13.2 Å². The van der Waals surface area contributed by atoms with E-state index in [1.54, 1.807) is 0 Å². The fraction of sp³-hybridized carbons (Fsp3) is 0.579. The number of imide groups is 1. The van der Waals surface area contributed by atoms with E-state index in [2.05, 4.69) is 0 Å². The Morgan fingerprint density at radius 2 is 1.79 bits per heavy atom. The number of benzene rings is 1. The van der Waals surface area contributed by atoms with Gasteiger partial charge in [0.1, 0.15) is 18.5 Å². The van der Waals surface area contributed by atoms with E-state index in [9.17, 15) is 14.7 Å². The molecule has 1 saturated carbocycles. The molecule has 0 bridgehead atoms. The maximum absolute atomic E-state index is 12.4. The monoisotopic (exact) mass is 331 g/mol. The summed E-state index contributed by atoms with van der Waals surface area (Å²) in [6.45, 7) is 4.01. The lowest BCUT2D eigenvalue weighted by atomic mass is 9.81. The van der Waals surface area contributed by atoms with Crippen LogP contribution in [0.5, 0.6) is 5.75 Å². The molecule has 0 spiro atoms. The summed E-state index contributed by atoms with van der Waals surface area (Å²) in [5.41, 5.74) is 2.08. The van der Waals surface area contributed by atoms with Crippen molar-refractivity contribution in [3.63, 3.8) is 0 Å². The summed E-state index contributed by atoms with van der Waals surface area (Å²) in [5.74, 6) is 0.157. The van der Waals surface area contributed by atoms with E-state index >= 15 is 0 Å². The molecule has 5 nitrogen and oxygen atoms in total. The van der Waals surface area contributed by atoms with E-state index in [4.69, 9.17) is 4.74 Å². The molecule has 2 fully saturated rings. The molecule has 5 heteroatoms. The number of aliphatic hydroxyl groups excluding tert-OH is 1. The van der Waals surface area contributed by atoms with Crippen molar-refractivity contribution < 1.29 is 19.4 Å². The number of hydrogen-bond acceptors (Lipinski definition) is 4. The summed E-state index contributed by atoms with van der Waals surface area (Å²) in [7, 11) is 0. The Morgan fingerprint density at radius 1 is 1.17 bits per heavy atom. The smallest absolute Gasteiger partial charge is 0.233 e. The van der Waals surface area contributed by atoms with E-state index < -0.39 is 6.10 Å². The third kappa shape index (κ3) is 3.31. The molecule has 130 valence electrons. The Hall–Kier alpha value is -1.88. The number of fused-ring (bicyclic) bond motifs is 1. The van der Waals surface area contributed by atoms with Crippen molar-refractivity contribution in [1.82, 2.24) is 4.90 Å². The average molecular weight is 331 g/mol. The topological polar surface area (TPSA) is 66.8 Å². The second kappa shape index (κ2) is 6.93. The van der Waals surface area contributed by atoms with Gasteiger partial charge in [0.2, 0.25) is 11.8 Å². The van der Waals surface area contributed by atoms with Gasteiger partial charge in [-0.25, -0.2) is 0 Å². The fourth-order valence-corrected chi connectivity index (χ4v) is 3.72. The molecule has 1 heterocycles. The zero-order valence-electron chi connectivity index (χ0n) is 14.3. The minimum absolute atomic E-state index is 0.0233. The molecule has 1 aromatic carbocycles. The molecular weight excluding hydrogens is 306 g/mol. The Bertz CT molecular complexity index is 618. The summed E-state index contributed by atoms with van der Waals surface area (Å²) in [4.78, 5) is 26.1. The number of nitrogens with zero attached hydrogens (tertiary/aromatic N) is 1. The van der Waals surface area contributed by atoms with Gasteiger partial charge in [-0.3, -0.25) is 14.5 Å². The van der Waals surface area contributed by atoms with Crippen LogP contribution in [0.15, 0.2) is 18.2 Å². The van der Waals surface area contributed by atoms with Crippen molar-refractivity contribution in [2.45, 2.75) is 45.6 Å². The second-order valence-electron chi connectivity index (χ2n) is 7.02. The van der Waals surface area contributed by atoms with Gasteiger partial charge in [-0.15, -0.1) is 0 Å². The zero-order chi connectivity index (χ0) is 17.3. The lowest BCUT2D eigenvalue weighted by Crippen LogP contribution is -2.40. The minimum Gasteiger partial charge on any atom is -0.491 e. The van der Waals surface area contributed by atoms with E-state index in [1.165, 1.54) is 4.90 Å². The van der Waals surface area contributed by atoms with Crippen molar-refractivity contribution in [2.24, 2.45) is 11.8 Å². The van der Waals surface area contributed by atoms with Crippen LogP contribution in [0.1, 0.15) is 36.8 Å². The first-order valence-electron chi connectivity index (χ1n) is 8.70. The Balaban J connectivity index is 1.58. The van der Waals surface area contributed by atoms with Crippen LogP contribution in [0.25, 0.3) is 0 Å². The van der Waals surface area contributed by atoms with Gasteiger partial charge in [-0.1, -0.05) is 25.0 Å². The van der Waals surface area contributed by atoms with Gasteiger partial charge in [-0.05, 0) is 43.9 Å². The Labute approximate surface area is 142 Å². The number of β-amino-alcohol motifs (C(OH)–C–C–N with tert-alkyl or cyclic N) is 1. The summed E-state index contributed by atoms with van der Waals surface area (Å²) >= 11 is 0. The largest absolute Gasteiger partial charge is 0.491 e. The van der Waals surface area contributed by atoms with Crippen molar-refractivity contribution in [1.29, 1.82) is 0 Å². The van der Waals surface area contributed by atoms with Gasteiger partial charge >= 0.3 is 0 Å². The number of rotatable bonds is 5. The predicted molar refractivity (Wildman–Crippen MR) is 89.6 cm³/mol. The maximum atomic E-state index is 12.4. The molecule has 0 aromatic heterocycles. The van der Waals surface area contributed by atoms with Crippen LogP contribution in [0.4, 0.5) is 0 Å². The third-order valence-corrected chi connectivity index (χ3v) is 5.10. The number of carbonyl (C=O) groups is 2. The maximum Gasteiger partial charge on any atom is 0.233 e. The van der Waals surface area contributed by atoms with Crippen LogP contribution in [-0.4, -0.2) is 41.1 Å². The van der Waals surface area contributed by atoms with E-state index in [1.807, 2.05) is 32.0 Å². The number of carbonyl (C=O) groups excluding carboxylic acids is 2. The van der Waals surface area contributed by atoms with Gasteiger partial charge in [-0.2, -0.15) is 0 Å². The standard InChI is InChI=1S/C19H25NO4/c1-12-7-8-13(2)17(9-12)24-11-14(21)10-20-18(22)15-5-3-4-6-16(15)19(20)23/h7-9,14-16,21H,3-6,10-11H2,1-2H3/t14-,15-,16+/m1/s1. The van der Waals surface area contributed by atoms with Crippen molar-refractivity contribution >= 4 is 11.8 Å². The molecule has 3 atom stereocenters. The predicted octanol–water partition coefficient (Wildman–Crippen LogP) is 2.22. The molecule has 0 radical (unpaired) electrons. The number of likely N-dealkylation sites (tertiary alicyclic amines) is 1. The quantitative estimate of drug-likeness (QED) is 0.840. The summed E-state index contributed by atoms with van der Waals surface area (Å²) in [6.07, 6.45) is 2.72. The van der Waals surface area contributed by atoms with Gasteiger partial charge < -0.3 is 9.84 Å². The van der Waals surface area contributed by atoms with E-state index in [-0.39, 0.29) is 36.8 Å². The highest BCUT2D eigenvalue weighted by Crippen LogP contribution is 2.38. The summed E-state index contributed by atoms with van der Waals surface area (Å²) in [5, 5.41) is 10.2. The van der Waals surface area contributed by atoms with Gasteiger partial charge in [0, 0.05) is 0 Å². The molecule has 2 aliphatic rings. The van der Waals surface area contributed by atoms with Crippen molar-refractivity contribution in [3.8, 4) is 5.75 Å². The molecule has 1 aliphatic heterocycles. The molecule has 1 aliphatic carbocycles. The lowest BCUT2D eigenvalue weighted by molar-refractivity contribution is -0.141. The number of ether oxygens (including phenoxy) is 1. The van der Waals surface area contributed by atoms with Crippen molar-refractivity contribution in [3.05, 3.63) is 29.3 Å². The van der Waals surface area contributed by atoms with Gasteiger partial charge in [0.25, 0.3) is 0 Å². The van der Waals surface area contributed by atoms with Crippen LogP contribution < -0.4 is 4.74 Å². The molecule has 1 N–H and O–H groups in total. The molecule has 1 saturated heterocycles. The molecule has 3 rings (SSSR count). The first kappa shape index (κ1) is 17.0. The highest BCUT2D eigenvalue weighted by atomic mass is 16.5. The minimum atomic E-state index is -0.877. The molecule has 2 amide bonds. The summed E-state index contributed by atoms with van der Waals surface area (Å²) in [6, 6.07) is 5.89. The normalized spacial score (nSPS) is 24.9. The molecular formula is C19H25NO4. The van der Waals surface area contributed by atoms with E-state index in [0.29, 0.717) is 0 Å². The number of aryl methyl sites for hydroxylation is 2. The first-order valence-corrected chi connectivity index (χ1v) is 8.70. The molecule has 24 heavy (non-hydrogen) atoms. The first-order chi connectivity index (χ1) is 11.5. The van der Waals surface area contributed by atoms with Crippen LogP contribution >= 0.6 is 0 Å². The lowest BCUT2D eigenvalue weighted by Gasteiger charge is -2.20.